The maximum absolute atomic E-state index is 12.2. The van der Waals surface area contributed by atoms with Gasteiger partial charge in [-0.15, -0.1) is 10.2 Å². The number of carbonyl (C=O) groups is 1. The second-order valence-electron chi connectivity index (χ2n) is 4.82. The second-order valence-corrected chi connectivity index (χ2v) is 6.23. The summed E-state index contributed by atoms with van der Waals surface area (Å²) in [4.78, 5) is 13.0. The molecule has 0 aliphatic carbocycles. The van der Waals surface area contributed by atoms with Crippen molar-refractivity contribution in [3.8, 4) is 0 Å². The average Bonchev–Trinajstić information content (AvgIpc) is 3.11. The number of hydrogen-bond donors (Lipinski definition) is 1. The molecule has 0 saturated heterocycles. The van der Waals surface area contributed by atoms with Gasteiger partial charge in [-0.05, 0) is 43.0 Å². The number of furan rings is 1. The number of anilines is 1. The van der Waals surface area contributed by atoms with E-state index in [2.05, 4.69) is 15.5 Å². The molecule has 0 spiro atoms. The number of halogens is 1. The first-order valence-corrected chi connectivity index (χ1v) is 7.91. The zero-order valence-electron chi connectivity index (χ0n) is 12.4. The third-order valence-electron chi connectivity index (χ3n) is 3.16. The number of rotatable bonds is 4. The first kappa shape index (κ1) is 15.6. The molecule has 0 fully saturated rings. The van der Waals surface area contributed by atoms with Crippen molar-refractivity contribution in [3.05, 3.63) is 53.2 Å². The summed E-state index contributed by atoms with van der Waals surface area (Å²) in [7, 11) is 1.86. The van der Waals surface area contributed by atoms with E-state index in [9.17, 15) is 4.79 Å². The highest BCUT2D eigenvalue weighted by atomic mass is 35.5. The van der Waals surface area contributed by atoms with Gasteiger partial charge >= 0.3 is 0 Å². The van der Waals surface area contributed by atoms with Crippen molar-refractivity contribution in [2.24, 2.45) is 7.05 Å². The lowest BCUT2D eigenvalue weighted by Crippen LogP contribution is -2.12. The lowest BCUT2D eigenvalue weighted by molar-refractivity contribution is 0.102. The lowest BCUT2D eigenvalue weighted by atomic mass is 10.2. The maximum atomic E-state index is 12.2. The summed E-state index contributed by atoms with van der Waals surface area (Å²) in [5, 5.41) is 11.9. The second kappa shape index (κ2) is 6.47. The monoisotopic (exact) mass is 348 g/mol. The number of nitrogens with one attached hydrogen (secondary N) is 1. The van der Waals surface area contributed by atoms with E-state index in [1.54, 1.807) is 36.0 Å². The maximum Gasteiger partial charge on any atom is 0.259 e. The van der Waals surface area contributed by atoms with E-state index in [0.29, 0.717) is 22.0 Å². The summed E-state index contributed by atoms with van der Waals surface area (Å²) >= 11 is 7.70. The van der Waals surface area contributed by atoms with E-state index >= 15 is 0 Å². The third-order valence-corrected chi connectivity index (χ3v) is 4.72. The molecule has 8 heteroatoms. The van der Waals surface area contributed by atoms with Crippen LogP contribution in [0.1, 0.15) is 16.1 Å². The Morgan fingerprint density at radius 3 is 2.83 bits per heavy atom. The van der Waals surface area contributed by atoms with Crippen molar-refractivity contribution < 1.29 is 9.21 Å². The molecular weight excluding hydrogens is 336 g/mol. The summed E-state index contributed by atoms with van der Waals surface area (Å²) in [5.74, 6) is 0.337. The van der Waals surface area contributed by atoms with Crippen molar-refractivity contribution in [2.45, 2.75) is 17.0 Å². The summed E-state index contributed by atoms with van der Waals surface area (Å²) in [6.45, 7) is 1.74. The summed E-state index contributed by atoms with van der Waals surface area (Å²) in [6, 6.07) is 6.95. The minimum absolute atomic E-state index is 0.235. The molecule has 1 amide bonds. The standard InChI is InChI=1S/C15H13ClN4O2S/c1-9-11(5-6-22-9)14(21)18-10-3-4-13(12(16)7-10)23-15-19-17-8-20(15)2/h3-8H,1-2H3,(H,18,21). The predicted molar refractivity (Wildman–Crippen MR) is 88.0 cm³/mol. The molecule has 3 aromatic rings. The van der Waals surface area contributed by atoms with Crippen molar-refractivity contribution in [1.29, 1.82) is 0 Å². The van der Waals surface area contributed by atoms with Crippen LogP contribution >= 0.6 is 23.4 Å². The molecule has 3 rings (SSSR count). The molecule has 0 aliphatic heterocycles. The Morgan fingerprint density at radius 1 is 1.39 bits per heavy atom. The lowest BCUT2D eigenvalue weighted by Gasteiger charge is -2.08. The van der Waals surface area contributed by atoms with Crippen molar-refractivity contribution in [1.82, 2.24) is 14.8 Å². The molecule has 1 N–H and O–H groups in total. The van der Waals surface area contributed by atoms with Crippen LogP contribution in [0.2, 0.25) is 5.02 Å². The van der Waals surface area contributed by atoms with E-state index in [4.69, 9.17) is 16.0 Å². The number of amides is 1. The van der Waals surface area contributed by atoms with Crippen LogP contribution in [0.4, 0.5) is 5.69 Å². The van der Waals surface area contributed by atoms with E-state index in [1.165, 1.54) is 18.0 Å². The summed E-state index contributed by atoms with van der Waals surface area (Å²) in [5.41, 5.74) is 1.11. The highest BCUT2D eigenvalue weighted by molar-refractivity contribution is 7.99. The van der Waals surface area contributed by atoms with Crippen LogP contribution < -0.4 is 5.32 Å². The average molecular weight is 349 g/mol. The van der Waals surface area contributed by atoms with Crippen molar-refractivity contribution in [2.75, 3.05) is 5.32 Å². The summed E-state index contributed by atoms with van der Waals surface area (Å²) in [6.07, 6.45) is 3.11. The van der Waals surface area contributed by atoms with Gasteiger partial charge in [-0.2, -0.15) is 0 Å². The van der Waals surface area contributed by atoms with Crippen LogP contribution in [0.5, 0.6) is 0 Å². The Balaban J connectivity index is 1.76. The molecule has 2 heterocycles. The fraction of sp³-hybridized carbons (Fsp3) is 0.133. The van der Waals surface area contributed by atoms with Crippen LogP contribution in [0.3, 0.4) is 0 Å². The Labute approximate surface area is 141 Å². The number of aromatic nitrogens is 3. The Hall–Kier alpha value is -2.25. The van der Waals surface area contributed by atoms with Crippen molar-refractivity contribution in [3.63, 3.8) is 0 Å². The molecule has 0 bridgehead atoms. The molecule has 0 atom stereocenters. The number of hydrogen-bond acceptors (Lipinski definition) is 5. The normalized spacial score (nSPS) is 10.7. The van der Waals surface area contributed by atoms with E-state index < -0.39 is 0 Å². The number of carbonyl (C=O) groups excluding carboxylic acids is 1. The molecule has 118 valence electrons. The molecule has 0 saturated carbocycles. The molecule has 1 aromatic carbocycles. The largest absolute Gasteiger partial charge is 0.469 e. The Morgan fingerprint density at radius 2 is 2.22 bits per heavy atom. The Kier molecular flexibility index (Phi) is 4.40. The fourth-order valence-corrected chi connectivity index (χ4v) is 3.01. The highest BCUT2D eigenvalue weighted by Crippen LogP contribution is 2.33. The number of nitrogens with zero attached hydrogens (tertiary/aromatic N) is 3. The molecule has 0 radical (unpaired) electrons. The molecular formula is C15H13ClN4O2S. The molecule has 23 heavy (non-hydrogen) atoms. The van der Waals surface area contributed by atoms with Gasteiger partial charge in [0.2, 0.25) is 0 Å². The molecule has 6 nitrogen and oxygen atoms in total. The fourth-order valence-electron chi connectivity index (χ4n) is 1.94. The van der Waals surface area contributed by atoms with Gasteiger partial charge < -0.3 is 14.3 Å². The smallest absolute Gasteiger partial charge is 0.259 e. The first-order valence-electron chi connectivity index (χ1n) is 6.71. The van der Waals surface area contributed by atoms with Crippen LogP contribution in [0.15, 0.2) is 51.3 Å². The Bertz CT molecular complexity index is 859. The van der Waals surface area contributed by atoms with Crippen molar-refractivity contribution >= 4 is 35.0 Å². The molecule has 2 aromatic heterocycles. The topological polar surface area (TPSA) is 73.0 Å². The first-order chi connectivity index (χ1) is 11.0. The summed E-state index contributed by atoms with van der Waals surface area (Å²) < 4.78 is 6.93. The van der Waals surface area contributed by atoms with Gasteiger partial charge in [0, 0.05) is 17.6 Å². The third kappa shape index (κ3) is 3.40. The predicted octanol–water partition coefficient (Wildman–Crippen LogP) is 3.77. The van der Waals surface area contributed by atoms with E-state index in [0.717, 1.165) is 10.1 Å². The van der Waals surface area contributed by atoms with E-state index in [-0.39, 0.29) is 5.91 Å². The van der Waals surface area contributed by atoms with Crippen LogP contribution in [-0.2, 0) is 7.05 Å². The van der Waals surface area contributed by atoms with Crippen LogP contribution in [0.25, 0.3) is 0 Å². The van der Waals surface area contributed by atoms with Gasteiger partial charge in [0.05, 0.1) is 16.8 Å². The van der Waals surface area contributed by atoms with Gasteiger partial charge in [-0.3, -0.25) is 4.79 Å². The molecule has 0 unspecified atom stereocenters. The van der Waals surface area contributed by atoms with Gasteiger partial charge in [-0.1, -0.05) is 11.6 Å². The zero-order valence-corrected chi connectivity index (χ0v) is 14.0. The van der Waals surface area contributed by atoms with Crippen LogP contribution in [-0.4, -0.2) is 20.7 Å². The zero-order chi connectivity index (χ0) is 16.4. The minimum atomic E-state index is -0.235. The van der Waals surface area contributed by atoms with Gasteiger partial charge in [-0.25, -0.2) is 0 Å². The van der Waals surface area contributed by atoms with E-state index in [1.807, 2.05) is 13.1 Å². The molecule has 0 aliphatic rings. The number of benzene rings is 1. The van der Waals surface area contributed by atoms with Gasteiger partial charge in [0.25, 0.3) is 5.91 Å². The van der Waals surface area contributed by atoms with Gasteiger partial charge in [0.15, 0.2) is 5.16 Å². The quantitative estimate of drug-likeness (QED) is 0.776. The number of aryl methyl sites for hydroxylation is 2. The van der Waals surface area contributed by atoms with Gasteiger partial charge in [0.1, 0.15) is 12.1 Å². The van der Waals surface area contributed by atoms with Crippen LogP contribution in [0, 0.1) is 6.92 Å². The minimum Gasteiger partial charge on any atom is -0.469 e. The highest BCUT2D eigenvalue weighted by Gasteiger charge is 2.13. The SMILES string of the molecule is Cc1occc1C(=O)Nc1ccc(Sc2nncn2C)c(Cl)c1.